The lowest BCUT2D eigenvalue weighted by molar-refractivity contribution is -0.125. The number of anilines is 4. The lowest BCUT2D eigenvalue weighted by Gasteiger charge is -2.32. The number of nitrogens with one attached hydrogen (secondary N) is 2. The van der Waals surface area contributed by atoms with E-state index in [-0.39, 0.29) is 12.5 Å². The number of benzene rings is 1. The van der Waals surface area contributed by atoms with E-state index in [2.05, 4.69) is 25.5 Å². The number of fused-ring (bicyclic) bond motifs is 2. The molecule has 0 radical (unpaired) electrons. The fourth-order valence-electron chi connectivity index (χ4n) is 4.72. The van der Waals surface area contributed by atoms with Gasteiger partial charge in [0, 0.05) is 48.5 Å². The standard InChI is InChI=1S/C23H24ClN7O2S/c24-18-9-25-22(27-14-3-5-17(6-4-14)31-7-8-33-12-20(31)32)29-21(18)19-13-34-23(28-19)30-10-15-1-2-16(11-30)26-15/h3-6,9,13,15-16,26H,1-2,7-8,10-12H2,(H,25,27,29). The van der Waals surface area contributed by atoms with E-state index in [1.165, 1.54) is 12.8 Å². The minimum Gasteiger partial charge on any atom is -0.370 e. The highest BCUT2D eigenvalue weighted by Gasteiger charge is 2.33. The second-order valence-electron chi connectivity index (χ2n) is 8.72. The molecule has 2 aromatic heterocycles. The molecule has 3 saturated heterocycles. The van der Waals surface area contributed by atoms with Gasteiger partial charge in [-0.25, -0.2) is 15.0 Å². The molecule has 0 spiro atoms. The van der Waals surface area contributed by atoms with Crippen LogP contribution in [-0.2, 0) is 9.53 Å². The number of hydrogen-bond acceptors (Lipinski definition) is 9. The lowest BCUT2D eigenvalue weighted by atomic mass is 10.2. The molecule has 3 fully saturated rings. The van der Waals surface area contributed by atoms with Crippen molar-refractivity contribution in [3.05, 3.63) is 40.9 Å². The van der Waals surface area contributed by atoms with Crippen LogP contribution in [0.2, 0.25) is 5.02 Å². The first kappa shape index (κ1) is 21.7. The van der Waals surface area contributed by atoms with Crippen molar-refractivity contribution in [1.82, 2.24) is 20.3 Å². The normalized spacial score (nSPS) is 22.3. The van der Waals surface area contributed by atoms with Crippen LogP contribution in [0.3, 0.4) is 0 Å². The van der Waals surface area contributed by atoms with Gasteiger partial charge in [-0.1, -0.05) is 11.6 Å². The number of halogens is 1. The molecule has 2 atom stereocenters. The number of ether oxygens (including phenoxy) is 1. The fraction of sp³-hybridized carbons (Fsp3) is 0.391. The smallest absolute Gasteiger partial charge is 0.253 e. The van der Waals surface area contributed by atoms with E-state index in [1.54, 1.807) is 22.4 Å². The summed E-state index contributed by atoms with van der Waals surface area (Å²) in [6.07, 6.45) is 4.06. The highest BCUT2D eigenvalue weighted by Crippen LogP contribution is 2.33. The molecule has 3 aliphatic rings. The summed E-state index contributed by atoms with van der Waals surface area (Å²) in [6, 6.07) is 8.70. The number of carbonyl (C=O) groups is 1. The number of amides is 1. The highest BCUT2D eigenvalue weighted by molar-refractivity contribution is 7.14. The summed E-state index contributed by atoms with van der Waals surface area (Å²) in [7, 11) is 0. The van der Waals surface area contributed by atoms with Gasteiger partial charge >= 0.3 is 0 Å². The highest BCUT2D eigenvalue weighted by atomic mass is 35.5. The maximum absolute atomic E-state index is 12.1. The molecule has 11 heteroatoms. The van der Waals surface area contributed by atoms with Crippen molar-refractivity contribution >= 4 is 51.3 Å². The number of rotatable bonds is 5. The van der Waals surface area contributed by atoms with E-state index >= 15 is 0 Å². The maximum Gasteiger partial charge on any atom is 0.253 e. The Bertz CT molecular complexity index is 1190. The van der Waals surface area contributed by atoms with Crippen LogP contribution in [0.1, 0.15) is 12.8 Å². The summed E-state index contributed by atoms with van der Waals surface area (Å²) in [5.74, 6) is 0.401. The van der Waals surface area contributed by atoms with E-state index in [9.17, 15) is 4.79 Å². The predicted molar refractivity (Wildman–Crippen MR) is 133 cm³/mol. The van der Waals surface area contributed by atoms with Gasteiger partial charge in [-0.2, -0.15) is 0 Å². The third-order valence-electron chi connectivity index (χ3n) is 6.39. The average Bonchev–Trinajstić information content (AvgIpc) is 3.48. The fourth-order valence-corrected chi connectivity index (χ4v) is 5.74. The zero-order valence-corrected chi connectivity index (χ0v) is 20.0. The predicted octanol–water partition coefficient (Wildman–Crippen LogP) is 3.30. The summed E-state index contributed by atoms with van der Waals surface area (Å²) in [5, 5.41) is 10.3. The maximum atomic E-state index is 12.1. The quantitative estimate of drug-likeness (QED) is 0.554. The van der Waals surface area contributed by atoms with Crippen molar-refractivity contribution in [2.24, 2.45) is 0 Å². The van der Waals surface area contributed by atoms with Crippen LogP contribution in [0.15, 0.2) is 35.8 Å². The van der Waals surface area contributed by atoms with E-state index in [4.69, 9.17) is 21.3 Å². The molecule has 3 aromatic rings. The molecular formula is C23H24ClN7O2S. The average molecular weight is 498 g/mol. The third kappa shape index (κ3) is 4.34. The number of aromatic nitrogens is 3. The summed E-state index contributed by atoms with van der Waals surface area (Å²) in [5.41, 5.74) is 3.01. The Kier molecular flexibility index (Phi) is 5.82. The topological polar surface area (TPSA) is 95.5 Å². The van der Waals surface area contributed by atoms with Crippen LogP contribution in [0.4, 0.5) is 22.5 Å². The summed E-state index contributed by atoms with van der Waals surface area (Å²) in [6.45, 7) is 3.19. The second kappa shape index (κ2) is 9.10. The molecule has 2 unspecified atom stereocenters. The van der Waals surface area contributed by atoms with Crippen LogP contribution in [0.5, 0.6) is 0 Å². The van der Waals surface area contributed by atoms with Crippen LogP contribution in [0, 0.1) is 0 Å². The van der Waals surface area contributed by atoms with Crippen molar-refractivity contribution in [3.8, 4) is 11.4 Å². The first-order chi connectivity index (χ1) is 16.6. The zero-order chi connectivity index (χ0) is 23.1. The van der Waals surface area contributed by atoms with Gasteiger partial charge in [0.1, 0.15) is 18.0 Å². The van der Waals surface area contributed by atoms with Gasteiger partial charge in [0.05, 0.1) is 17.8 Å². The Labute approximate surface area is 206 Å². The van der Waals surface area contributed by atoms with E-state index in [0.29, 0.717) is 41.9 Å². The first-order valence-electron chi connectivity index (χ1n) is 11.4. The Morgan fingerprint density at radius 2 is 1.94 bits per heavy atom. The van der Waals surface area contributed by atoms with E-state index in [1.807, 2.05) is 29.6 Å². The number of nitrogens with zero attached hydrogens (tertiary/aromatic N) is 5. The van der Waals surface area contributed by atoms with Crippen molar-refractivity contribution in [1.29, 1.82) is 0 Å². The third-order valence-corrected chi connectivity index (χ3v) is 7.56. The van der Waals surface area contributed by atoms with Crippen LogP contribution < -0.4 is 20.4 Å². The van der Waals surface area contributed by atoms with Gasteiger partial charge in [-0.05, 0) is 37.1 Å². The molecule has 3 aliphatic heterocycles. The Balaban J connectivity index is 1.18. The molecule has 2 bridgehead atoms. The molecular weight excluding hydrogens is 474 g/mol. The molecule has 1 amide bonds. The van der Waals surface area contributed by atoms with Gasteiger partial charge in [-0.15, -0.1) is 11.3 Å². The monoisotopic (exact) mass is 497 g/mol. The number of morpholine rings is 1. The van der Waals surface area contributed by atoms with Gasteiger partial charge in [0.15, 0.2) is 5.13 Å². The number of piperazine rings is 1. The molecule has 0 aliphatic carbocycles. The number of carbonyl (C=O) groups excluding carboxylic acids is 1. The summed E-state index contributed by atoms with van der Waals surface area (Å²) in [4.78, 5) is 30.0. The minimum atomic E-state index is -0.0336. The van der Waals surface area contributed by atoms with Crippen molar-refractivity contribution in [2.75, 3.05) is 48.0 Å². The van der Waals surface area contributed by atoms with Gasteiger partial charge < -0.3 is 25.2 Å². The van der Waals surface area contributed by atoms with Crippen LogP contribution >= 0.6 is 22.9 Å². The van der Waals surface area contributed by atoms with E-state index < -0.39 is 0 Å². The van der Waals surface area contributed by atoms with Crippen molar-refractivity contribution < 1.29 is 9.53 Å². The zero-order valence-electron chi connectivity index (χ0n) is 18.4. The molecule has 1 aromatic carbocycles. The minimum absolute atomic E-state index is 0.0336. The van der Waals surface area contributed by atoms with E-state index in [0.717, 1.165) is 35.3 Å². The molecule has 9 nitrogen and oxygen atoms in total. The van der Waals surface area contributed by atoms with Gasteiger partial charge in [0.25, 0.3) is 5.91 Å². The first-order valence-corrected chi connectivity index (χ1v) is 12.6. The SMILES string of the molecule is O=C1COCCN1c1ccc(Nc2ncc(Cl)c(-c3csc(N4CC5CCC(C4)N5)n3)n2)cc1. The molecule has 2 N–H and O–H groups in total. The lowest BCUT2D eigenvalue weighted by Crippen LogP contribution is -2.51. The molecule has 0 saturated carbocycles. The molecule has 5 heterocycles. The molecule has 176 valence electrons. The Hall–Kier alpha value is -2.79. The Morgan fingerprint density at radius 1 is 1.15 bits per heavy atom. The van der Waals surface area contributed by atoms with Crippen LogP contribution in [-0.4, -0.2) is 65.8 Å². The van der Waals surface area contributed by atoms with Crippen molar-refractivity contribution in [2.45, 2.75) is 24.9 Å². The Morgan fingerprint density at radius 3 is 2.71 bits per heavy atom. The second-order valence-corrected chi connectivity index (χ2v) is 9.96. The molecule has 34 heavy (non-hydrogen) atoms. The molecule has 6 rings (SSSR count). The van der Waals surface area contributed by atoms with Crippen molar-refractivity contribution in [3.63, 3.8) is 0 Å². The van der Waals surface area contributed by atoms with Crippen LogP contribution in [0.25, 0.3) is 11.4 Å². The van der Waals surface area contributed by atoms with Gasteiger partial charge in [0.2, 0.25) is 5.95 Å². The van der Waals surface area contributed by atoms with Gasteiger partial charge in [-0.3, -0.25) is 4.79 Å². The summed E-state index contributed by atoms with van der Waals surface area (Å²) < 4.78 is 5.20. The number of thiazole rings is 1. The summed E-state index contributed by atoms with van der Waals surface area (Å²) >= 11 is 8.07. The number of hydrogen-bond donors (Lipinski definition) is 2. The largest absolute Gasteiger partial charge is 0.370 e.